The third-order valence-electron chi connectivity index (χ3n) is 3.22. The van der Waals surface area contributed by atoms with Gasteiger partial charge in [0.05, 0.1) is 22.4 Å². The molecule has 90 valence electrons. The maximum Gasteiger partial charge on any atom is 0.0884 e. The predicted octanol–water partition coefficient (Wildman–Crippen LogP) is 3.20. The average molecular weight is 237 g/mol. The van der Waals surface area contributed by atoms with Crippen LogP contribution in [-0.2, 0) is 13.5 Å². The summed E-state index contributed by atoms with van der Waals surface area (Å²) >= 11 is 0. The molecule has 0 amide bonds. The van der Waals surface area contributed by atoms with E-state index in [2.05, 4.69) is 28.6 Å². The molecule has 3 rings (SSSR count). The van der Waals surface area contributed by atoms with Gasteiger partial charge in [-0.3, -0.25) is 9.97 Å². The Bertz CT molecular complexity index is 684. The topological polar surface area (TPSA) is 30.7 Å². The Hall–Kier alpha value is -2.16. The molecule has 0 spiro atoms. The van der Waals surface area contributed by atoms with Crippen molar-refractivity contribution in [2.24, 2.45) is 7.05 Å². The Balaban J connectivity index is 2.29. The molecule has 3 heterocycles. The second-order valence-electron chi connectivity index (χ2n) is 4.38. The Labute approximate surface area is 106 Å². The number of rotatable bonds is 2. The molecule has 3 aromatic rings. The summed E-state index contributed by atoms with van der Waals surface area (Å²) in [6, 6.07) is 10.2. The van der Waals surface area contributed by atoms with Gasteiger partial charge in [0.2, 0.25) is 0 Å². The molecule has 3 nitrogen and oxygen atoms in total. The molecule has 0 aliphatic rings. The van der Waals surface area contributed by atoms with Crippen LogP contribution < -0.4 is 0 Å². The van der Waals surface area contributed by atoms with Crippen molar-refractivity contribution in [3.8, 4) is 11.3 Å². The van der Waals surface area contributed by atoms with Crippen molar-refractivity contribution in [1.82, 2.24) is 14.5 Å². The second-order valence-corrected chi connectivity index (χ2v) is 4.38. The maximum atomic E-state index is 4.73. The van der Waals surface area contributed by atoms with Crippen LogP contribution in [0.2, 0.25) is 0 Å². The molecule has 0 N–H and O–H groups in total. The van der Waals surface area contributed by atoms with Gasteiger partial charge < -0.3 is 4.57 Å². The summed E-state index contributed by atoms with van der Waals surface area (Å²) in [5, 5.41) is 0. The molecule has 0 bridgehead atoms. The Kier molecular flexibility index (Phi) is 2.59. The molecule has 0 saturated heterocycles. The fourth-order valence-electron chi connectivity index (χ4n) is 2.24. The quantitative estimate of drug-likeness (QED) is 0.685. The monoisotopic (exact) mass is 237 g/mol. The van der Waals surface area contributed by atoms with Crippen LogP contribution in [0.3, 0.4) is 0 Å². The molecule has 0 atom stereocenters. The highest BCUT2D eigenvalue weighted by atomic mass is 14.9. The second kappa shape index (κ2) is 4.26. The summed E-state index contributed by atoms with van der Waals surface area (Å²) in [5.41, 5.74) is 5.42. The SMILES string of the molecule is CCc1nc2ccn(C)c2cc1-c1ccccn1. The number of fused-ring (bicyclic) bond motifs is 1. The van der Waals surface area contributed by atoms with E-state index in [0.29, 0.717) is 0 Å². The molecule has 0 unspecified atom stereocenters. The van der Waals surface area contributed by atoms with Gasteiger partial charge in [-0.2, -0.15) is 0 Å². The summed E-state index contributed by atoms with van der Waals surface area (Å²) in [4.78, 5) is 9.16. The largest absolute Gasteiger partial charge is 0.349 e. The molecule has 18 heavy (non-hydrogen) atoms. The van der Waals surface area contributed by atoms with E-state index in [1.54, 1.807) is 0 Å². The lowest BCUT2D eigenvalue weighted by Crippen LogP contribution is -1.96. The van der Waals surface area contributed by atoms with Gasteiger partial charge in [0, 0.05) is 25.0 Å². The highest BCUT2D eigenvalue weighted by molar-refractivity contribution is 5.82. The van der Waals surface area contributed by atoms with Gasteiger partial charge in [-0.05, 0) is 30.7 Å². The molecule has 0 aliphatic heterocycles. The van der Waals surface area contributed by atoms with Crippen molar-refractivity contribution in [1.29, 1.82) is 0 Å². The summed E-state index contributed by atoms with van der Waals surface area (Å²) < 4.78 is 2.09. The number of aryl methyl sites for hydroxylation is 2. The fourth-order valence-corrected chi connectivity index (χ4v) is 2.24. The van der Waals surface area contributed by atoms with Crippen LogP contribution >= 0.6 is 0 Å². The van der Waals surface area contributed by atoms with Gasteiger partial charge >= 0.3 is 0 Å². The lowest BCUT2D eigenvalue weighted by atomic mass is 10.1. The third kappa shape index (κ3) is 1.68. The molecule has 3 aromatic heterocycles. The Morgan fingerprint density at radius 2 is 2.11 bits per heavy atom. The van der Waals surface area contributed by atoms with E-state index in [4.69, 9.17) is 4.98 Å². The number of hydrogen-bond acceptors (Lipinski definition) is 2. The van der Waals surface area contributed by atoms with Gasteiger partial charge in [-0.15, -0.1) is 0 Å². The average Bonchev–Trinajstić information content (AvgIpc) is 2.79. The van der Waals surface area contributed by atoms with Crippen LogP contribution in [0.15, 0.2) is 42.7 Å². The summed E-state index contributed by atoms with van der Waals surface area (Å²) in [6.45, 7) is 2.13. The highest BCUT2D eigenvalue weighted by Crippen LogP contribution is 2.25. The zero-order valence-corrected chi connectivity index (χ0v) is 10.6. The summed E-state index contributed by atoms with van der Waals surface area (Å²) in [6.07, 6.45) is 4.78. The molecular formula is C15H15N3. The summed E-state index contributed by atoms with van der Waals surface area (Å²) in [7, 11) is 2.04. The standard InChI is InChI=1S/C15H15N3/c1-3-12-11(13-6-4-5-8-16-13)10-15-14(17-12)7-9-18(15)2/h4-10H,3H2,1-2H3. The van der Waals surface area contributed by atoms with Gasteiger partial charge in [0.25, 0.3) is 0 Å². The van der Waals surface area contributed by atoms with Crippen molar-refractivity contribution >= 4 is 11.0 Å². The van der Waals surface area contributed by atoms with Crippen molar-refractivity contribution in [2.75, 3.05) is 0 Å². The number of hydrogen-bond donors (Lipinski definition) is 0. The molecule has 3 heteroatoms. The zero-order chi connectivity index (χ0) is 12.5. The minimum Gasteiger partial charge on any atom is -0.349 e. The van der Waals surface area contributed by atoms with Crippen LogP contribution in [0.4, 0.5) is 0 Å². The first kappa shape index (κ1) is 11.0. The minimum atomic E-state index is 0.913. The van der Waals surface area contributed by atoms with E-state index in [0.717, 1.165) is 34.4 Å². The van der Waals surface area contributed by atoms with Gasteiger partial charge in [0.1, 0.15) is 0 Å². The van der Waals surface area contributed by atoms with Crippen LogP contribution in [0.1, 0.15) is 12.6 Å². The van der Waals surface area contributed by atoms with E-state index >= 15 is 0 Å². The van der Waals surface area contributed by atoms with Crippen LogP contribution in [-0.4, -0.2) is 14.5 Å². The Morgan fingerprint density at radius 1 is 1.22 bits per heavy atom. The van der Waals surface area contributed by atoms with E-state index in [1.807, 2.05) is 37.6 Å². The molecule has 0 fully saturated rings. The van der Waals surface area contributed by atoms with Crippen LogP contribution in [0, 0.1) is 0 Å². The van der Waals surface area contributed by atoms with Crippen molar-refractivity contribution < 1.29 is 0 Å². The first-order chi connectivity index (χ1) is 8.79. The van der Waals surface area contributed by atoms with Crippen LogP contribution in [0.25, 0.3) is 22.3 Å². The maximum absolute atomic E-state index is 4.73. The van der Waals surface area contributed by atoms with Gasteiger partial charge in [-0.25, -0.2) is 0 Å². The van der Waals surface area contributed by atoms with E-state index < -0.39 is 0 Å². The molecule has 0 aliphatic carbocycles. The lowest BCUT2D eigenvalue weighted by molar-refractivity contribution is 0.965. The van der Waals surface area contributed by atoms with Crippen molar-refractivity contribution in [2.45, 2.75) is 13.3 Å². The van der Waals surface area contributed by atoms with E-state index in [9.17, 15) is 0 Å². The van der Waals surface area contributed by atoms with Crippen LogP contribution in [0.5, 0.6) is 0 Å². The first-order valence-electron chi connectivity index (χ1n) is 6.16. The van der Waals surface area contributed by atoms with E-state index in [-0.39, 0.29) is 0 Å². The Morgan fingerprint density at radius 3 is 2.83 bits per heavy atom. The highest BCUT2D eigenvalue weighted by Gasteiger charge is 2.10. The normalized spacial score (nSPS) is 11.0. The van der Waals surface area contributed by atoms with Crippen molar-refractivity contribution in [3.05, 3.63) is 48.4 Å². The smallest absolute Gasteiger partial charge is 0.0884 e. The molecule has 0 aromatic carbocycles. The van der Waals surface area contributed by atoms with E-state index in [1.165, 1.54) is 0 Å². The summed E-state index contributed by atoms with van der Waals surface area (Å²) in [5.74, 6) is 0. The van der Waals surface area contributed by atoms with Crippen molar-refractivity contribution in [3.63, 3.8) is 0 Å². The molecular weight excluding hydrogens is 222 g/mol. The fraction of sp³-hybridized carbons (Fsp3) is 0.200. The molecule has 0 saturated carbocycles. The number of nitrogens with zero attached hydrogens (tertiary/aromatic N) is 3. The number of aromatic nitrogens is 3. The first-order valence-corrected chi connectivity index (χ1v) is 6.16. The predicted molar refractivity (Wildman–Crippen MR) is 73.3 cm³/mol. The van der Waals surface area contributed by atoms with Gasteiger partial charge in [0.15, 0.2) is 0 Å². The minimum absolute atomic E-state index is 0.913. The zero-order valence-electron chi connectivity index (χ0n) is 10.6. The van der Waals surface area contributed by atoms with Gasteiger partial charge in [-0.1, -0.05) is 13.0 Å². The third-order valence-corrected chi connectivity index (χ3v) is 3.22. The lowest BCUT2D eigenvalue weighted by Gasteiger charge is -2.08. The number of pyridine rings is 2. The molecule has 0 radical (unpaired) electrons.